The average Bonchev–Trinajstić information content (AvgIpc) is 2.71. The van der Waals surface area contributed by atoms with Gasteiger partial charge in [-0.3, -0.25) is 15.2 Å². The highest BCUT2D eigenvalue weighted by molar-refractivity contribution is 7.71. The quantitative estimate of drug-likeness (QED) is 0.516. The van der Waals surface area contributed by atoms with Gasteiger partial charge in [0.05, 0.1) is 10.6 Å². The van der Waals surface area contributed by atoms with Crippen molar-refractivity contribution in [1.82, 2.24) is 9.78 Å². The van der Waals surface area contributed by atoms with Crippen molar-refractivity contribution in [2.75, 3.05) is 0 Å². The van der Waals surface area contributed by atoms with E-state index in [-0.39, 0.29) is 5.69 Å². The summed E-state index contributed by atoms with van der Waals surface area (Å²) in [7, 11) is 0. The van der Waals surface area contributed by atoms with Crippen molar-refractivity contribution in [2.45, 2.75) is 13.3 Å². The summed E-state index contributed by atoms with van der Waals surface area (Å²) in [6, 6.07) is 8.22. The molecule has 88 valence electrons. The second-order valence-electron chi connectivity index (χ2n) is 3.59. The van der Waals surface area contributed by atoms with Crippen molar-refractivity contribution >= 4 is 17.9 Å². The lowest BCUT2D eigenvalue weighted by molar-refractivity contribution is -0.384. The Kier molecular flexibility index (Phi) is 3.06. The molecule has 0 saturated heterocycles. The van der Waals surface area contributed by atoms with Gasteiger partial charge in [0.25, 0.3) is 5.69 Å². The fraction of sp³-hybridized carbons (Fsp3) is 0.182. The van der Waals surface area contributed by atoms with Crippen molar-refractivity contribution < 1.29 is 4.92 Å². The van der Waals surface area contributed by atoms with Gasteiger partial charge in [-0.2, -0.15) is 0 Å². The first-order valence-corrected chi connectivity index (χ1v) is 5.58. The normalized spacial score (nSPS) is 10.4. The third-order valence-electron chi connectivity index (χ3n) is 2.45. The minimum Gasteiger partial charge on any atom is -0.297 e. The van der Waals surface area contributed by atoms with E-state index < -0.39 is 4.92 Å². The number of hydrogen-bond donors (Lipinski definition) is 1. The summed E-state index contributed by atoms with van der Waals surface area (Å²) in [6.07, 6.45) is 0.839. The highest BCUT2D eigenvalue weighted by Crippen LogP contribution is 2.17. The average molecular weight is 249 g/mol. The molecule has 0 aliphatic rings. The Morgan fingerprint density at radius 3 is 2.82 bits per heavy atom. The summed E-state index contributed by atoms with van der Waals surface area (Å²) >= 11 is 5.19. The third-order valence-corrected chi connectivity index (χ3v) is 2.75. The Labute approximate surface area is 103 Å². The fourth-order valence-corrected chi connectivity index (χ4v) is 1.86. The van der Waals surface area contributed by atoms with E-state index in [2.05, 4.69) is 5.10 Å². The van der Waals surface area contributed by atoms with Crippen LogP contribution >= 0.6 is 12.2 Å². The van der Waals surface area contributed by atoms with Gasteiger partial charge in [-0.15, -0.1) is 0 Å². The van der Waals surface area contributed by atoms with E-state index in [1.165, 1.54) is 12.1 Å². The zero-order valence-corrected chi connectivity index (χ0v) is 10.0. The largest absolute Gasteiger partial charge is 0.297 e. The van der Waals surface area contributed by atoms with E-state index in [0.717, 1.165) is 12.1 Å². The highest BCUT2D eigenvalue weighted by Gasteiger charge is 2.08. The van der Waals surface area contributed by atoms with E-state index in [4.69, 9.17) is 12.2 Å². The minimum atomic E-state index is -0.420. The minimum absolute atomic E-state index is 0.0528. The maximum atomic E-state index is 10.7. The van der Waals surface area contributed by atoms with Crippen molar-refractivity contribution in [2.24, 2.45) is 0 Å². The third kappa shape index (κ3) is 2.26. The number of aryl methyl sites for hydroxylation is 1. The van der Waals surface area contributed by atoms with Gasteiger partial charge in [-0.05, 0) is 18.6 Å². The van der Waals surface area contributed by atoms with Crippen LogP contribution in [0.2, 0.25) is 0 Å². The summed E-state index contributed by atoms with van der Waals surface area (Å²) in [4.78, 5) is 10.3. The Balaban J connectivity index is 2.52. The molecule has 1 aromatic heterocycles. The molecule has 6 heteroatoms. The molecule has 0 aliphatic heterocycles. The number of benzene rings is 1. The number of nitro groups is 1. The maximum Gasteiger partial charge on any atom is 0.271 e. The lowest BCUT2D eigenvalue weighted by Gasteiger charge is -2.02. The molecule has 5 nitrogen and oxygen atoms in total. The standard InChI is InChI=1S/C11H11N3O2S/c1-2-8-6-11(17)13(12-8)9-4-3-5-10(7-9)14(15)16/h3-7,12H,2H2,1H3. The molecular formula is C11H11N3O2S. The summed E-state index contributed by atoms with van der Waals surface area (Å²) < 4.78 is 2.28. The van der Waals surface area contributed by atoms with Crippen molar-refractivity contribution in [3.63, 3.8) is 0 Å². The number of H-pyrrole nitrogens is 1. The van der Waals surface area contributed by atoms with Gasteiger partial charge in [0.15, 0.2) is 0 Å². The fourth-order valence-electron chi connectivity index (χ4n) is 1.56. The second-order valence-corrected chi connectivity index (χ2v) is 4.00. The topological polar surface area (TPSA) is 63.9 Å². The van der Waals surface area contributed by atoms with Crippen LogP contribution in [-0.4, -0.2) is 14.7 Å². The van der Waals surface area contributed by atoms with E-state index in [1.807, 2.05) is 13.0 Å². The molecule has 2 aromatic rings. The first-order chi connectivity index (χ1) is 8.11. The number of non-ortho nitro benzene ring substituents is 1. The van der Waals surface area contributed by atoms with Crippen molar-refractivity contribution in [1.29, 1.82) is 0 Å². The second kappa shape index (κ2) is 4.50. The smallest absolute Gasteiger partial charge is 0.271 e. The predicted octanol–water partition coefficient (Wildman–Crippen LogP) is 3.01. The number of rotatable bonds is 3. The number of nitrogens with one attached hydrogen (secondary N) is 1. The summed E-state index contributed by atoms with van der Waals surface area (Å²) in [5.74, 6) is 0. The summed E-state index contributed by atoms with van der Waals surface area (Å²) in [5.41, 5.74) is 1.72. The van der Waals surface area contributed by atoms with Crippen LogP contribution in [0, 0.1) is 14.8 Å². The van der Waals surface area contributed by atoms with Crippen LogP contribution in [0.25, 0.3) is 5.69 Å². The van der Waals surface area contributed by atoms with Gasteiger partial charge < -0.3 is 0 Å². The SMILES string of the molecule is CCc1cc(=S)n(-c2cccc([N+](=O)[O-])c2)[nH]1. The first kappa shape index (κ1) is 11.5. The molecule has 0 saturated carbocycles. The van der Waals surface area contributed by atoms with Gasteiger partial charge in [0.1, 0.15) is 4.64 Å². The van der Waals surface area contributed by atoms with Crippen LogP contribution in [0.15, 0.2) is 30.3 Å². The molecule has 0 bridgehead atoms. The lowest BCUT2D eigenvalue weighted by Crippen LogP contribution is -1.98. The van der Waals surface area contributed by atoms with E-state index in [9.17, 15) is 10.1 Å². The van der Waals surface area contributed by atoms with Crippen molar-refractivity contribution in [3.05, 3.63) is 50.8 Å². The number of nitrogens with zero attached hydrogens (tertiary/aromatic N) is 2. The van der Waals surface area contributed by atoms with Crippen LogP contribution < -0.4 is 0 Å². The zero-order valence-electron chi connectivity index (χ0n) is 9.21. The molecule has 1 heterocycles. The van der Waals surface area contributed by atoms with Gasteiger partial charge in [-0.25, -0.2) is 4.68 Å². The van der Waals surface area contributed by atoms with Gasteiger partial charge in [0.2, 0.25) is 0 Å². The highest BCUT2D eigenvalue weighted by atomic mass is 32.1. The van der Waals surface area contributed by atoms with E-state index >= 15 is 0 Å². The summed E-state index contributed by atoms with van der Waals surface area (Å²) in [6.45, 7) is 2.01. The number of hydrogen-bond acceptors (Lipinski definition) is 3. The molecule has 1 N–H and O–H groups in total. The van der Waals surface area contributed by atoms with Gasteiger partial charge in [-0.1, -0.05) is 25.2 Å². The molecule has 0 spiro atoms. The Bertz CT molecular complexity index is 615. The first-order valence-electron chi connectivity index (χ1n) is 5.17. The molecule has 0 aliphatic carbocycles. The van der Waals surface area contributed by atoms with E-state index in [0.29, 0.717) is 10.3 Å². The molecule has 2 rings (SSSR count). The maximum absolute atomic E-state index is 10.7. The number of aromatic amines is 1. The number of nitro benzene ring substituents is 1. The summed E-state index contributed by atoms with van der Waals surface area (Å²) in [5, 5.41) is 13.8. The van der Waals surface area contributed by atoms with Crippen LogP contribution in [0.3, 0.4) is 0 Å². The Morgan fingerprint density at radius 2 is 2.24 bits per heavy atom. The van der Waals surface area contributed by atoms with Crippen LogP contribution in [-0.2, 0) is 6.42 Å². The molecule has 0 unspecified atom stereocenters. The molecular weight excluding hydrogens is 238 g/mol. The van der Waals surface area contributed by atoms with Crippen molar-refractivity contribution in [3.8, 4) is 5.69 Å². The lowest BCUT2D eigenvalue weighted by atomic mass is 10.3. The molecule has 0 fully saturated rings. The molecule has 0 amide bonds. The van der Waals surface area contributed by atoms with Gasteiger partial charge >= 0.3 is 0 Å². The monoisotopic (exact) mass is 249 g/mol. The molecule has 17 heavy (non-hydrogen) atoms. The zero-order chi connectivity index (χ0) is 12.4. The van der Waals surface area contributed by atoms with E-state index in [1.54, 1.807) is 16.8 Å². The molecule has 1 aromatic carbocycles. The predicted molar refractivity (Wildman–Crippen MR) is 67.0 cm³/mol. The Morgan fingerprint density at radius 1 is 1.47 bits per heavy atom. The molecule has 0 atom stereocenters. The van der Waals surface area contributed by atoms with Crippen LogP contribution in [0.1, 0.15) is 12.6 Å². The van der Waals surface area contributed by atoms with Crippen LogP contribution in [0.5, 0.6) is 0 Å². The van der Waals surface area contributed by atoms with Crippen LogP contribution in [0.4, 0.5) is 5.69 Å². The molecule has 0 radical (unpaired) electrons. The number of aromatic nitrogens is 2. The Hall–Kier alpha value is -1.95. The van der Waals surface area contributed by atoms with Gasteiger partial charge in [0, 0.05) is 17.8 Å².